The van der Waals surface area contributed by atoms with Gasteiger partial charge >= 0.3 is 0 Å². The number of thioether (sulfide) groups is 1. The van der Waals surface area contributed by atoms with Crippen LogP contribution in [0.15, 0.2) is 23.1 Å². The summed E-state index contributed by atoms with van der Waals surface area (Å²) in [6, 6.07) is 6.05. The van der Waals surface area contributed by atoms with E-state index in [1.165, 1.54) is 6.92 Å². The molecule has 0 spiro atoms. The molecule has 5 heteroatoms. The molecule has 1 aliphatic heterocycles. The number of carbonyl (C=O) groups excluding carboxylic acids is 2. The Bertz CT molecular complexity index is 488. The quantitative estimate of drug-likeness (QED) is 0.875. The van der Waals surface area contributed by atoms with Crippen molar-refractivity contribution in [2.45, 2.75) is 30.4 Å². The zero-order valence-electron chi connectivity index (χ0n) is 10.4. The van der Waals surface area contributed by atoms with Crippen LogP contribution in [0.25, 0.3) is 0 Å². The van der Waals surface area contributed by atoms with Crippen LogP contribution in [0.3, 0.4) is 0 Å². The first-order valence-electron chi connectivity index (χ1n) is 5.91. The minimum Gasteiger partial charge on any atom is -0.356 e. The summed E-state index contributed by atoms with van der Waals surface area (Å²) in [6.45, 7) is 4.02. The fraction of sp³-hybridized carbons (Fsp3) is 0.385. The Morgan fingerprint density at radius 1 is 1.50 bits per heavy atom. The predicted molar refractivity (Wildman–Crippen MR) is 72.8 cm³/mol. The summed E-state index contributed by atoms with van der Waals surface area (Å²) in [5.41, 5.74) is 1.99. The second-order valence-corrected chi connectivity index (χ2v) is 5.70. The largest absolute Gasteiger partial charge is 0.356 e. The van der Waals surface area contributed by atoms with Crippen molar-refractivity contribution >= 4 is 29.3 Å². The van der Waals surface area contributed by atoms with Gasteiger partial charge in [-0.1, -0.05) is 6.07 Å². The molecule has 0 fully saturated rings. The summed E-state index contributed by atoms with van der Waals surface area (Å²) in [7, 11) is 0. The molecule has 0 saturated heterocycles. The van der Waals surface area contributed by atoms with Crippen LogP contribution in [0, 0.1) is 0 Å². The molecule has 2 N–H and O–H groups in total. The Hall–Kier alpha value is -1.49. The molecule has 18 heavy (non-hydrogen) atoms. The van der Waals surface area contributed by atoms with E-state index in [9.17, 15) is 9.59 Å². The number of carbonyl (C=O) groups is 2. The van der Waals surface area contributed by atoms with Gasteiger partial charge in [-0.25, -0.2) is 0 Å². The number of amides is 2. The summed E-state index contributed by atoms with van der Waals surface area (Å²) < 4.78 is 0. The van der Waals surface area contributed by atoms with Gasteiger partial charge in [0.15, 0.2) is 0 Å². The van der Waals surface area contributed by atoms with Gasteiger partial charge in [0.25, 0.3) is 0 Å². The van der Waals surface area contributed by atoms with Crippen LogP contribution < -0.4 is 10.6 Å². The normalized spacial score (nSPS) is 17.9. The van der Waals surface area contributed by atoms with Gasteiger partial charge in [0.2, 0.25) is 11.8 Å². The molecule has 0 radical (unpaired) electrons. The minimum absolute atomic E-state index is 0.0226. The summed E-state index contributed by atoms with van der Waals surface area (Å²) in [6.07, 6.45) is 0.767. The summed E-state index contributed by atoms with van der Waals surface area (Å²) in [4.78, 5) is 23.5. The number of rotatable bonds is 3. The topological polar surface area (TPSA) is 58.2 Å². The Labute approximate surface area is 111 Å². The molecule has 1 aromatic carbocycles. The third-order valence-electron chi connectivity index (χ3n) is 2.76. The summed E-state index contributed by atoms with van der Waals surface area (Å²) in [5.74, 6) is 0.0251. The number of hydrogen-bond acceptors (Lipinski definition) is 3. The molecule has 2 rings (SSSR count). The molecule has 0 aromatic heterocycles. The fourth-order valence-corrected chi connectivity index (χ4v) is 2.72. The van der Waals surface area contributed by atoms with E-state index >= 15 is 0 Å². The fourth-order valence-electron chi connectivity index (χ4n) is 1.79. The zero-order valence-corrected chi connectivity index (χ0v) is 11.3. The van der Waals surface area contributed by atoms with Gasteiger partial charge in [-0.3, -0.25) is 9.59 Å². The molecule has 1 unspecified atom stereocenters. The van der Waals surface area contributed by atoms with E-state index in [-0.39, 0.29) is 17.1 Å². The molecule has 96 valence electrons. The lowest BCUT2D eigenvalue weighted by atomic mass is 10.1. The Morgan fingerprint density at radius 2 is 2.28 bits per heavy atom. The van der Waals surface area contributed by atoms with Crippen molar-refractivity contribution in [2.24, 2.45) is 0 Å². The average molecular weight is 264 g/mol. The maximum absolute atomic E-state index is 11.6. The molecule has 0 aliphatic carbocycles. The van der Waals surface area contributed by atoms with Gasteiger partial charge in [0.05, 0.1) is 10.9 Å². The van der Waals surface area contributed by atoms with Crippen molar-refractivity contribution in [2.75, 3.05) is 11.9 Å². The highest BCUT2D eigenvalue weighted by molar-refractivity contribution is 8.00. The van der Waals surface area contributed by atoms with Crippen LogP contribution in [0.1, 0.15) is 19.4 Å². The highest BCUT2D eigenvalue weighted by Gasteiger charge is 2.22. The molecule has 2 amide bonds. The van der Waals surface area contributed by atoms with Crippen molar-refractivity contribution < 1.29 is 9.59 Å². The number of fused-ring (bicyclic) bond motifs is 1. The third kappa shape index (κ3) is 3.04. The first kappa shape index (κ1) is 13.0. The van der Waals surface area contributed by atoms with Crippen molar-refractivity contribution in [3.05, 3.63) is 23.8 Å². The van der Waals surface area contributed by atoms with Crippen molar-refractivity contribution in [3.63, 3.8) is 0 Å². The van der Waals surface area contributed by atoms with Crippen LogP contribution >= 0.6 is 11.8 Å². The number of benzene rings is 1. The van der Waals surface area contributed by atoms with Crippen molar-refractivity contribution in [3.8, 4) is 0 Å². The number of nitrogens with one attached hydrogen (secondary N) is 2. The highest BCUT2D eigenvalue weighted by atomic mass is 32.2. The molecule has 1 heterocycles. The molecular formula is C13H16N2O2S. The smallest absolute Gasteiger partial charge is 0.237 e. The number of anilines is 1. The Kier molecular flexibility index (Phi) is 3.91. The molecule has 0 saturated carbocycles. The molecule has 1 atom stereocenters. The Morgan fingerprint density at radius 3 is 3.00 bits per heavy atom. The van der Waals surface area contributed by atoms with E-state index in [4.69, 9.17) is 0 Å². The number of hydrogen-bond donors (Lipinski definition) is 2. The van der Waals surface area contributed by atoms with E-state index in [0.717, 1.165) is 22.6 Å². The maximum atomic E-state index is 11.6. The molecule has 0 bridgehead atoms. The molecular weight excluding hydrogens is 248 g/mol. The Balaban J connectivity index is 2.05. The second kappa shape index (κ2) is 5.44. The average Bonchev–Trinajstić information content (AvgIpc) is 2.30. The molecule has 4 nitrogen and oxygen atoms in total. The second-order valence-electron chi connectivity index (χ2n) is 4.31. The SMILES string of the molecule is CC(=O)NCCc1ccc2c(c1)NC(=O)C(C)S2. The molecule has 1 aliphatic rings. The lowest BCUT2D eigenvalue weighted by molar-refractivity contribution is -0.119. The zero-order chi connectivity index (χ0) is 13.1. The third-order valence-corrected chi connectivity index (χ3v) is 3.94. The van der Waals surface area contributed by atoms with Crippen molar-refractivity contribution in [1.82, 2.24) is 5.32 Å². The minimum atomic E-state index is -0.0391. The summed E-state index contributed by atoms with van der Waals surface area (Å²) >= 11 is 1.58. The van der Waals surface area contributed by atoms with E-state index in [0.29, 0.717) is 6.54 Å². The van der Waals surface area contributed by atoms with Gasteiger partial charge in [-0.2, -0.15) is 0 Å². The van der Waals surface area contributed by atoms with Gasteiger partial charge in [0.1, 0.15) is 0 Å². The van der Waals surface area contributed by atoms with Crippen LogP contribution in [0.2, 0.25) is 0 Å². The van der Waals surface area contributed by atoms with Crippen LogP contribution in [0.5, 0.6) is 0 Å². The van der Waals surface area contributed by atoms with Gasteiger partial charge in [0, 0.05) is 18.4 Å². The molecule has 1 aromatic rings. The van der Waals surface area contributed by atoms with Gasteiger partial charge < -0.3 is 10.6 Å². The van der Waals surface area contributed by atoms with E-state index in [1.807, 2.05) is 25.1 Å². The highest BCUT2D eigenvalue weighted by Crippen LogP contribution is 2.35. The lowest BCUT2D eigenvalue weighted by Crippen LogP contribution is -2.26. The van der Waals surface area contributed by atoms with Gasteiger partial charge in [-0.15, -0.1) is 11.8 Å². The lowest BCUT2D eigenvalue weighted by Gasteiger charge is -2.21. The predicted octanol–water partition coefficient (Wildman–Crippen LogP) is 1.80. The maximum Gasteiger partial charge on any atom is 0.237 e. The van der Waals surface area contributed by atoms with E-state index in [2.05, 4.69) is 10.6 Å². The first-order chi connectivity index (χ1) is 8.56. The van der Waals surface area contributed by atoms with Crippen LogP contribution in [-0.2, 0) is 16.0 Å². The standard InChI is InChI=1S/C13H16N2O2S/c1-8-13(17)15-11-7-10(3-4-12(11)18-8)5-6-14-9(2)16/h3-4,7-8H,5-6H2,1-2H3,(H,14,16)(H,15,17). The van der Waals surface area contributed by atoms with Crippen LogP contribution in [-0.4, -0.2) is 23.6 Å². The first-order valence-corrected chi connectivity index (χ1v) is 6.79. The summed E-state index contributed by atoms with van der Waals surface area (Å²) in [5, 5.41) is 5.62. The van der Waals surface area contributed by atoms with Gasteiger partial charge in [-0.05, 0) is 31.0 Å². The van der Waals surface area contributed by atoms with E-state index < -0.39 is 0 Å². The monoisotopic (exact) mass is 264 g/mol. The van der Waals surface area contributed by atoms with E-state index in [1.54, 1.807) is 11.8 Å². The van der Waals surface area contributed by atoms with Crippen molar-refractivity contribution in [1.29, 1.82) is 0 Å². The van der Waals surface area contributed by atoms with Crippen LogP contribution in [0.4, 0.5) is 5.69 Å².